The van der Waals surface area contributed by atoms with Gasteiger partial charge in [-0.2, -0.15) is 0 Å². The molecule has 17 heavy (non-hydrogen) atoms. The Balaban J connectivity index is -0.000000224. The van der Waals surface area contributed by atoms with E-state index in [0.717, 1.165) is 38.4 Å². The second-order valence-electron chi connectivity index (χ2n) is 3.62. The maximum absolute atomic E-state index is 10.3. The average molecular weight is 248 g/mol. The summed E-state index contributed by atoms with van der Waals surface area (Å²) in [5, 5.41) is 16.5. The summed E-state index contributed by atoms with van der Waals surface area (Å²) >= 11 is 0. The highest BCUT2D eigenvalue weighted by molar-refractivity contribution is 5.75. The van der Waals surface area contributed by atoms with E-state index in [1.54, 1.807) is 6.92 Å². The number of rotatable bonds is 9. The Morgan fingerprint density at radius 2 is 1.53 bits per heavy atom. The predicted octanol–water partition coefficient (Wildman–Crippen LogP) is 2.11. The number of hydrogen-bond acceptors (Lipinski definition) is 4. The third kappa shape index (κ3) is 31.3. The highest BCUT2D eigenvalue weighted by Gasteiger charge is 1.91. The van der Waals surface area contributed by atoms with Gasteiger partial charge in [0.05, 0.1) is 0 Å². The molecule has 0 fully saturated rings. The molecule has 4 heteroatoms. The number of carbonyl (C=O) groups is 2. The van der Waals surface area contributed by atoms with Gasteiger partial charge in [-0.15, -0.1) is 0 Å². The lowest BCUT2D eigenvalue weighted by Crippen LogP contribution is -1.90. The summed E-state index contributed by atoms with van der Waals surface area (Å²) < 4.78 is 0. The summed E-state index contributed by atoms with van der Waals surface area (Å²) in [5.74, 6) is 0.243. The Kier molecular flexibility index (Phi) is 26.2. The van der Waals surface area contributed by atoms with Crippen molar-refractivity contribution in [3.63, 3.8) is 0 Å². The van der Waals surface area contributed by atoms with Gasteiger partial charge in [-0.25, -0.2) is 0 Å². The molecule has 0 bridgehead atoms. The van der Waals surface area contributed by atoms with Gasteiger partial charge in [0.2, 0.25) is 0 Å². The lowest BCUT2D eigenvalue weighted by Gasteiger charge is -1.93. The lowest BCUT2D eigenvalue weighted by molar-refractivity contribution is -0.117. The molecule has 0 aliphatic heterocycles. The van der Waals surface area contributed by atoms with Gasteiger partial charge in [0.25, 0.3) is 0 Å². The van der Waals surface area contributed by atoms with E-state index in [-0.39, 0.29) is 26.4 Å². The van der Waals surface area contributed by atoms with Crippen molar-refractivity contribution >= 4 is 12.1 Å². The van der Waals surface area contributed by atoms with E-state index >= 15 is 0 Å². The van der Waals surface area contributed by atoms with Gasteiger partial charge in [-0.3, -0.25) is 0 Å². The first kappa shape index (κ1) is 21.5. The quantitative estimate of drug-likeness (QED) is 0.484. The molecular weight excluding hydrogens is 220 g/mol. The maximum Gasteiger partial charge on any atom is 0.129 e. The molecule has 104 valence electrons. The Hall–Kier alpha value is -0.740. The Morgan fingerprint density at radius 1 is 1.00 bits per heavy atom. The van der Waals surface area contributed by atoms with Crippen molar-refractivity contribution in [3.8, 4) is 0 Å². The van der Waals surface area contributed by atoms with Crippen LogP contribution in [0.15, 0.2) is 0 Å². The van der Waals surface area contributed by atoms with E-state index in [1.807, 2.05) is 0 Å². The smallest absolute Gasteiger partial charge is 0.129 e. The molecule has 2 N–H and O–H groups in total. The number of hydrogen-bond donors (Lipinski definition) is 2. The molecular formula is C13H28O4. The second-order valence-corrected chi connectivity index (χ2v) is 3.62. The monoisotopic (exact) mass is 248 g/mol. The molecule has 0 unspecified atom stereocenters. The summed E-state index contributed by atoms with van der Waals surface area (Å²) in [6.45, 7) is 2.05. The van der Waals surface area contributed by atoms with Gasteiger partial charge in [-0.05, 0) is 32.6 Å². The fourth-order valence-electron chi connectivity index (χ4n) is 1.00. The Bertz CT molecular complexity index is 157. The van der Waals surface area contributed by atoms with Crippen LogP contribution in [0.3, 0.4) is 0 Å². The van der Waals surface area contributed by atoms with Crippen LogP contribution in [0.1, 0.15) is 59.3 Å². The fourth-order valence-corrected chi connectivity index (χ4v) is 1.00. The van der Waals surface area contributed by atoms with Crippen molar-refractivity contribution in [2.45, 2.75) is 59.3 Å². The third-order valence-corrected chi connectivity index (χ3v) is 1.92. The Morgan fingerprint density at radius 3 is 1.94 bits per heavy atom. The van der Waals surface area contributed by atoms with Crippen LogP contribution in [0.4, 0.5) is 0 Å². The minimum absolute atomic E-state index is 0. The number of Topliss-reactive ketones (excluding diaryl/α,β-unsaturated/α-hetero) is 1. The highest BCUT2D eigenvalue weighted by atomic mass is 16.3. The first-order chi connectivity index (χ1) is 7.68. The zero-order valence-corrected chi connectivity index (χ0v) is 10.2. The van der Waals surface area contributed by atoms with E-state index in [9.17, 15) is 9.59 Å². The van der Waals surface area contributed by atoms with Crippen molar-refractivity contribution in [3.05, 3.63) is 0 Å². The number of ketones is 1. The molecule has 0 saturated heterocycles. The maximum atomic E-state index is 10.3. The van der Waals surface area contributed by atoms with Gasteiger partial charge in [0.1, 0.15) is 12.1 Å². The van der Waals surface area contributed by atoms with Gasteiger partial charge in [-0.1, -0.05) is 13.8 Å². The molecule has 0 aliphatic carbocycles. The number of aliphatic hydroxyl groups excluding tert-OH is 2. The van der Waals surface area contributed by atoms with E-state index in [2.05, 4.69) is 0 Å². The van der Waals surface area contributed by atoms with E-state index in [0.29, 0.717) is 12.8 Å². The minimum Gasteiger partial charge on any atom is -0.396 e. The molecule has 0 rings (SSSR count). The first-order valence-corrected chi connectivity index (χ1v) is 5.83. The number of carbonyl (C=O) groups excluding carboxylic acids is 2. The van der Waals surface area contributed by atoms with E-state index in [4.69, 9.17) is 10.2 Å². The summed E-state index contributed by atoms with van der Waals surface area (Å²) in [6, 6.07) is 0. The van der Waals surface area contributed by atoms with Crippen molar-refractivity contribution in [2.24, 2.45) is 0 Å². The molecule has 0 amide bonds. The van der Waals surface area contributed by atoms with Crippen molar-refractivity contribution in [2.75, 3.05) is 13.2 Å². The summed E-state index contributed by atoms with van der Waals surface area (Å²) in [6.07, 6.45) is 6.41. The fraction of sp³-hybridized carbons (Fsp3) is 0.846. The molecule has 0 aromatic carbocycles. The number of aliphatic hydroxyl groups is 2. The first-order valence-electron chi connectivity index (χ1n) is 5.83. The van der Waals surface area contributed by atoms with E-state index < -0.39 is 0 Å². The molecule has 0 aromatic rings. The minimum atomic E-state index is 0. The zero-order chi connectivity index (χ0) is 12.6. The third-order valence-electron chi connectivity index (χ3n) is 1.92. The second kappa shape index (κ2) is 20.6. The molecule has 4 nitrogen and oxygen atoms in total. The van der Waals surface area contributed by atoms with Gasteiger partial charge < -0.3 is 19.8 Å². The summed E-state index contributed by atoms with van der Waals surface area (Å²) in [5.41, 5.74) is 0. The van der Waals surface area contributed by atoms with Crippen molar-refractivity contribution in [1.29, 1.82) is 0 Å². The van der Waals surface area contributed by atoms with Gasteiger partial charge in [0.15, 0.2) is 0 Å². The normalized spacial score (nSPS) is 8.65. The summed E-state index contributed by atoms with van der Waals surface area (Å²) in [4.78, 5) is 19.9. The summed E-state index contributed by atoms with van der Waals surface area (Å²) in [7, 11) is 0. The largest absolute Gasteiger partial charge is 0.396 e. The number of aldehydes is 1. The molecule has 0 heterocycles. The van der Waals surface area contributed by atoms with Crippen LogP contribution in [0, 0.1) is 0 Å². The molecule has 0 saturated carbocycles. The van der Waals surface area contributed by atoms with Crippen LogP contribution in [-0.4, -0.2) is 35.5 Å². The van der Waals surface area contributed by atoms with Crippen LogP contribution < -0.4 is 0 Å². The predicted molar refractivity (Wildman–Crippen MR) is 70.0 cm³/mol. The average Bonchev–Trinajstić information content (AvgIpc) is 2.26. The van der Waals surface area contributed by atoms with Crippen LogP contribution >= 0.6 is 0 Å². The molecule has 0 radical (unpaired) electrons. The van der Waals surface area contributed by atoms with Crippen LogP contribution in [0.2, 0.25) is 0 Å². The SMILES string of the molecule is C.CC(=O)CCCCCO.O=CCCCCO. The molecule has 0 spiro atoms. The number of unbranched alkanes of at least 4 members (excludes halogenated alkanes) is 4. The Labute approximate surface area is 105 Å². The van der Waals surface area contributed by atoms with Crippen molar-refractivity contribution in [1.82, 2.24) is 0 Å². The molecule has 0 aromatic heterocycles. The van der Waals surface area contributed by atoms with Crippen LogP contribution in [-0.2, 0) is 9.59 Å². The van der Waals surface area contributed by atoms with Gasteiger partial charge >= 0.3 is 0 Å². The van der Waals surface area contributed by atoms with Gasteiger partial charge in [0, 0.05) is 26.1 Å². The zero-order valence-electron chi connectivity index (χ0n) is 10.2. The topological polar surface area (TPSA) is 74.6 Å². The van der Waals surface area contributed by atoms with Crippen molar-refractivity contribution < 1.29 is 19.8 Å². The molecule has 0 atom stereocenters. The van der Waals surface area contributed by atoms with Crippen LogP contribution in [0.25, 0.3) is 0 Å². The highest BCUT2D eigenvalue weighted by Crippen LogP contribution is 1.98. The molecule has 0 aliphatic rings. The standard InChI is InChI=1S/C7H14O2.C5H10O2.CH4/c1-7(9)5-3-2-4-6-8;6-4-2-1-3-5-7;/h8H,2-6H2,1H3;4,7H,1-3,5H2;1H4. The van der Waals surface area contributed by atoms with E-state index in [1.165, 1.54) is 0 Å². The van der Waals surface area contributed by atoms with Crippen LogP contribution in [0.5, 0.6) is 0 Å². The lowest BCUT2D eigenvalue weighted by atomic mass is 10.1.